The van der Waals surface area contributed by atoms with Crippen LogP contribution in [0.1, 0.15) is 28.5 Å². The molecule has 0 saturated heterocycles. The summed E-state index contributed by atoms with van der Waals surface area (Å²) >= 11 is 0. The highest BCUT2D eigenvalue weighted by atomic mass is 19.4. The predicted molar refractivity (Wildman–Crippen MR) is 150 cm³/mol. The van der Waals surface area contributed by atoms with Gasteiger partial charge in [-0.3, -0.25) is 14.6 Å². The topological polar surface area (TPSA) is 163 Å². The number of carbonyl (C=O) groups excluding carboxylic acids is 2. The average molecular weight is 614 g/mol. The Hall–Kier alpha value is -4.82. The first kappa shape index (κ1) is 30.6. The second-order valence-corrected chi connectivity index (χ2v) is 10.5. The maximum Gasteiger partial charge on any atom is 0.424 e. The lowest BCUT2D eigenvalue weighted by molar-refractivity contribution is -0.265. The van der Waals surface area contributed by atoms with Crippen molar-refractivity contribution in [2.45, 2.75) is 24.1 Å². The summed E-state index contributed by atoms with van der Waals surface area (Å²) in [6, 6.07) is 11.5. The second-order valence-electron chi connectivity index (χ2n) is 10.5. The molecule has 2 atom stereocenters. The molecule has 1 aliphatic rings. The van der Waals surface area contributed by atoms with Crippen molar-refractivity contribution in [2.24, 2.45) is 11.5 Å². The number of aromatic nitrogens is 2. The summed E-state index contributed by atoms with van der Waals surface area (Å²) in [5.74, 6) is -2.30. The Morgan fingerprint density at radius 1 is 1.16 bits per heavy atom. The van der Waals surface area contributed by atoms with Crippen LogP contribution in [0.15, 0.2) is 60.8 Å². The number of aliphatic hydroxyl groups is 1. The molecular weight excluding hydrogens is 586 g/mol. The summed E-state index contributed by atoms with van der Waals surface area (Å²) in [6.45, 7) is -0.0196. The number of benzene rings is 2. The smallest absolute Gasteiger partial charge is 0.424 e. The lowest BCUT2D eigenvalue weighted by atomic mass is 9.81. The molecule has 1 aliphatic heterocycles. The summed E-state index contributed by atoms with van der Waals surface area (Å²) in [7, 11) is 0. The molecule has 0 aliphatic carbocycles. The molecule has 3 heterocycles. The summed E-state index contributed by atoms with van der Waals surface area (Å²) in [6.07, 6.45) is -3.86. The number of hydrogen-bond donors (Lipinski definition) is 4. The van der Waals surface area contributed by atoms with E-state index < -0.39 is 47.1 Å². The molecule has 14 heteroatoms. The van der Waals surface area contributed by atoms with Gasteiger partial charge >= 0.3 is 6.18 Å². The molecule has 0 radical (unpaired) electrons. The van der Waals surface area contributed by atoms with Crippen LogP contribution in [0.4, 0.5) is 17.6 Å². The van der Waals surface area contributed by atoms with Gasteiger partial charge in [0.15, 0.2) is 0 Å². The number of hydrogen-bond acceptors (Lipinski definition) is 8. The van der Waals surface area contributed by atoms with Crippen LogP contribution in [0.25, 0.3) is 22.2 Å². The molecule has 230 valence electrons. The van der Waals surface area contributed by atoms with Gasteiger partial charge in [0.25, 0.3) is 5.91 Å². The number of nitrogens with zero attached hydrogens (tertiary/aromatic N) is 2. The van der Waals surface area contributed by atoms with E-state index in [-0.39, 0.29) is 53.6 Å². The van der Waals surface area contributed by atoms with Crippen molar-refractivity contribution in [3.8, 4) is 22.8 Å². The number of nitrogens with two attached hydrogens (primary N) is 2. The van der Waals surface area contributed by atoms with Crippen molar-refractivity contribution < 1.29 is 41.7 Å². The molecule has 2 aromatic carbocycles. The van der Waals surface area contributed by atoms with Crippen LogP contribution in [-0.2, 0) is 15.8 Å². The fourth-order valence-electron chi connectivity index (χ4n) is 4.82. The first-order chi connectivity index (χ1) is 20.8. The van der Waals surface area contributed by atoms with Crippen LogP contribution in [0.3, 0.4) is 0 Å². The van der Waals surface area contributed by atoms with Gasteiger partial charge in [-0.2, -0.15) is 13.2 Å². The summed E-state index contributed by atoms with van der Waals surface area (Å²) in [5.41, 5.74) is 5.13. The predicted octanol–water partition coefficient (Wildman–Crippen LogP) is 3.09. The number of fused-ring (bicyclic) bond motifs is 2. The molecule has 0 spiro atoms. The number of pyridine rings is 2. The van der Waals surface area contributed by atoms with Gasteiger partial charge in [-0.15, -0.1) is 0 Å². The van der Waals surface area contributed by atoms with Crippen molar-refractivity contribution in [2.75, 3.05) is 26.3 Å². The molecule has 44 heavy (non-hydrogen) atoms. The van der Waals surface area contributed by atoms with E-state index in [1.165, 1.54) is 37.4 Å². The van der Waals surface area contributed by atoms with E-state index in [0.717, 1.165) is 18.2 Å². The SMILES string of the molecule is C[C@]1(C(N)=O)COc2c1cc(C(O)(CNC(=O)c1cc(OCCN)c3ncccc3c1)C(F)(F)F)nc2-c1ccc(F)cc1. The zero-order valence-electron chi connectivity index (χ0n) is 23.2. The minimum Gasteiger partial charge on any atom is -0.490 e. The van der Waals surface area contributed by atoms with E-state index in [1.807, 2.05) is 0 Å². The summed E-state index contributed by atoms with van der Waals surface area (Å²) in [5, 5.41) is 13.9. The van der Waals surface area contributed by atoms with Crippen LogP contribution in [0, 0.1) is 5.82 Å². The number of rotatable bonds is 9. The van der Waals surface area contributed by atoms with E-state index >= 15 is 0 Å². The zero-order chi connectivity index (χ0) is 31.9. The third-order valence-electron chi connectivity index (χ3n) is 7.44. The lowest BCUT2D eigenvalue weighted by Crippen LogP contribution is -2.51. The highest BCUT2D eigenvalue weighted by Gasteiger charge is 2.57. The first-order valence-corrected chi connectivity index (χ1v) is 13.3. The monoisotopic (exact) mass is 613 g/mol. The number of ether oxygens (including phenoxy) is 2. The molecule has 2 aromatic heterocycles. The van der Waals surface area contributed by atoms with E-state index in [0.29, 0.717) is 10.9 Å². The molecule has 2 amide bonds. The maximum atomic E-state index is 14.7. The molecule has 10 nitrogen and oxygen atoms in total. The Kier molecular flexibility index (Phi) is 7.90. The minimum absolute atomic E-state index is 0.0370. The van der Waals surface area contributed by atoms with E-state index in [4.69, 9.17) is 20.9 Å². The zero-order valence-corrected chi connectivity index (χ0v) is 23.2. The average Bonchev–Trinajstić information content (AvgIpc) is 3.35. The summed E-state index contributed by atoms with van der Waals surface area (Å²) in [4.78, 5) is 33.9. The number of nitrogens with one attached hydrogen (secondary N) is 1. The number of primary amides is 1. The normalized spacial score (nSPS) is 17.4. The largest absolute Gasteiger partial charge is 0.490 e. The van der Waals surface area contributed by atoms with Crippen LogP contribution in [-0.4, -0.2) is 59.4 Å². The standard InChI is InChI=1S/C30H27F4N5O5/c1-28(27(36)41)15-44-25-20(28)13-22(39-24(25)16-4-6-19(31)7-5-16)29(42,30(32,33)34)14-38-26(40)18-11-17-3-2-9-37-23(17)21(12-18)43-10-8-35/h2-7,9,11-13,42H,8,10,14-15,35H2,1H3,(H2,36,41)(H,38,40)/t28-,29?/m0/s1. The molecular formula is C30H27F4N5O5. The molecule has 0 saturated carbocycles. The highest BCUT2D eigenvalue weighted by Crippen LogP contribution is 2.47. The van der Waals surface area contributed by atoms with Crippen LogP contribution < -0.4 is 26.3 Å². The third-order valence-corrected chi connectivity index (χ3v) is 7.44. The van der Waals surface area contributed by atoms with Gasteiger partial charge in [0, 0.05) is 34.8 Å². The number of amides is 2. The molecule has 0 fully saturated rings. The Bertz CT molecular complexity index is 1750. The fourth-order valence-corrected chi connectivity index (χ4v) is 4.82. The third kappa shape index (κ3) is 5.37. The Balaban J connectivity index is 1.57. The number of alkyl halides is 3. The molecule has 4 aromatic rings. The van der Waals surface area contributed by atoms with Crippen LogP contribution in [0.2, 0.25) is 0 Å². The van der Waals surface area contributed by atoms with Crippen molar-refractivity contribution in [3.05, 3.63) is 83.4 Å². The quantitative estimate of drug-likeness (QED) is 0.209. The Morgan fingerprint density at radius 3 is 2.55 bits per heavy atom. The molecule has 0 bridgehead atoms. The minimum atomic E-state index is -5.37. The summed E-state index contributed by atoms with van der Waals surface area (Å²) < 4.78 is 69.0. The van der Waals surface area contributed by atoms with Gasteiger partial charge in [0.1, 0.15) is 47.2 Å². The molecule has 5 rings (SSSR count). The maximum absolute atomic E-state index is 14.7. The van der Waals surface area contributed by atoms with Gasteiger partial charge in [-0.25, -0.2) is 9.37 Å². The second kappa shape index (κ2) is 11.4. The van der Waals surface area contributed by atoms with E-state index in [2.05, 4.69) is 15.3 Å². The lowest BCUT2D eigenvalue weighted by Gasteiger charge is -2.31. The van der Waals surface area contributed by atoms with Crippen molar-refractivity contribution >= 4 is 22.7 Å². The van der Waals surface area contributed by atoms with Gasteiger partial charge in [-0.05, 0) is 55.5 Å². The number of halogens is 4. The fraction of sp³-hybridized carbons (Fsp3) is 0.267. The Morgan fingerprint density at radius 2 is 1.89 bits per heavy atom. The van der Waals surface area contributed by atoms with Crippen molar-refractivity contribution in [1.82, 2.24) is 15.3 Å². The van der Waals surface area contributed by atoms with Gasteiger partial charge in [-0.1, -0.05) is 6.07 Å². The van der Waals surface area contributed by atoms with Crippen LogP contribution >= 0.6 is 0 Å². The Labute approximate surface area is 248 Å². The van der Waals surface area contributed by atoms with Gasteiger partial charge in [0.2, 0.25) is 11.5 Å². The van der Waals surface area contributed by atoms with Crippen molar-refractivity contribution in [1.29, 1.82) is 0 Å². The van der Waals surface area contributed by atoms with E-state index in [9.17, 15) is 32.3 Å². The van der Waals surface area contributed by atoms with Gasteiger partial charge in [0.05, 0.1) is 12.2 Å². The molecule has 1 unspecified atom stereocenters. The van der Waals surface area contributed by atoms with Crippen molar-refractivity contribution in [3.63, 3.8) is 0 Å². The van der Waals surface area contributed by atoms with Crippen LogP contribution in [0.5, 0.6) is 11.5 Å². The molecule has 6 N–H and O–H groups in total. The first-order valence-electron chi connectivity index (χ1n) is 13.3. The highest BCUT2D eigenvalue weighted by molar-refractivity contribution is 6.00. The number of carbonyl (C=O) groups is 2. The van der Waals surface area contributed by atoms with E-state index in [1.54, 1.807) is 12.1 Å². The van der Waals surface area contributed by atoms with Gasteiger partial charge < -0.3 is 31.4 Å².